The molecule has 1 heterocycles. The molecule has 1 aliphatic rings. The lowest BCUT2D eigenvalue weighted by molar-refractivity contribution is -0.133. The number of halogens is 1. The predicted octanol–water partition coefficient (Wildman–Crippen LogP) is 3.05. The van der Waals surface area contributed by atoms with Crippen molar-refractivity contribution >= 4 is 27.6 Å². The Balaban J connectivity index is 1.78. The van der Waals surface area contributed by atoms with Crippen molar-refractivity contribution < 1.29 is 14.3 Å². The largest absolute Gasteiger partial charge is 0.381 e. The summed E-state index contributed by atoms with van der Waals surface area (Å²) in [6, 6.07) is 7.23. The van der Waals surface area contributed by atoms with E-state index in [-0.39, 0.29) is 30.6 Å². The highest BCUT2D eigenvalue weighted by atomic mass is 79.9. The van der Waals surface area contributed by atoms with Crippen LogP contribution in [0.25, 0.3) is 0 Å². The number of Topliss-reactive ketones (excluding diaryl/α,β-unsaturated/α-hetero) is 1. The van der Waals surface area contributed by atoms with E-state index in [0.29, 0.717) is 5.56 Å². The molecule has 0 radical (unpaired) electrons. The first kappa shape index (κ1) is 16.2. The Kier molecular flexibility index (Phi) is 5.94. The van der Waals surface area contributed by atoms with Crippen LogP contribution in [0, 0.1) is 0 Å². The summed E-state index contributed by atoms with van der Waals surface area (Å²) in [4.78, 5) is 26.0. The Morgan fingerprint density at radius 1 is 1.19 bits per heavy atom. The number of carbonyl (C=O) groups is 2. The van der Waals surface area contributed by atoms with E-state index in [9.17, 15) is 9.59 Å². The zero-order valence-corrected chi connectivity index (χ0v) is 13.8. The Morgan fingerprint density at radius 2 is 1.81 bits per heavy atom. The number of benzene rings is 1. The number of carbonyl (C=O) groups excluding carboxylic acids is 2. The average Bonchev–Trinajstić information content (AvgIpc) is 2.53. The quantitative estimate of drug-likeness (QED) is 0.764. The second-order valence-corrected chi connectivity index (χ2v) is 6.16. The van der Waals surface area contributed by atoms with Gasteiger partial charge in [0.05, 0.1) is 6.10 Å². The highest BCUT2D eigenvalue weighted by molar-refractivity contribution is 9.10. The minimum Gasteiger partial charge on any atom is -0.381 e. The fraction of sp³-hybridized carbons (Fsp3) is 0.500. The van der Waals surface area contributed by atoms with Crippen molar-refractivity contribution in [3.05, 3.63) is 34.3 Å². The van der Waals surface area contributed by atoms with Gasteiger partial charge in [0.1, 0.15) is 0 Å². The van der Waals surface area contributed by atoms with E-state index in [1.54, 1.807) is 19.2 Å². The van der Waals surface area contributed by atoms with Crippen molar-refractivity contribution in [1.82, 2.24) is 4.90 Å². The van der Waals surface area contributed by atoms with Crippen molar-refractivity contribution in [2.45, 2.75) is 31.8 Å². The van der Waals surface area contributed by atoms with Crippen LogP contribution in [0.2, 0.25) is 0 Å². The number of ketones is 1. The van der Waals surface area contributed by atoms with Gasteiger partial charge in [0.25, 0.3) is 0 Å². The van der Waals surface area contributed by atoms with Crippen LogP contribution < -0.4 is 0 Å². The summed E-state index contributed by atoms with van der Waals surface area (Å²) in [7, 11) is 1.71. The lowest BCUT2D eigenvalue weighted by Crippen LogP contribution is -2.40. The summed E-state index contributed by atoms with van der Waals surface area (Å²) in [6.45, 7) is 1.45. The molecule has 114 valence electrons. The monoisotopic (exact) mass is 353 g/mol. The summed E-state index contributed by atoms with van der Waals surface area (Å²) < 4.78 is 6.23. The van der Waals surface area contributed by atoms with Gasteiger partial charge in [-0.15, -0.1) is 0 Å². The topological polar surface area (TPSA) is 46.6 Å². The van der Waals surface area contributed by atoms with Gasteiger partial charge in [0.15, 0.2) is 5.78 Å². The Morgan fingerprint density at radius 3 is 2.38 bits per heavy atom. The standard InChI is InChI=1S/C16H20BrNO3/c1-21-14-8-10-18(11-9-14)16(20)7-6-15(19)12-2-4-13(17)5-3-12/h2-5,14H,6-11H2,1H3. The molecule has 0 aliphatic carbocycles. The van der Waals surface area contributed by atoms with Gasteiger partial charge >= 0.3 is 0 Å². The van der Waals surface area contributed by atoms with Crippen molar-refractivity contribution in [1.29, 1.82) is 0 Å². The molecule has 0 N–H and O–H groups in total. The summed E-state index contributed by atoms with van der Waals surface area (Å²) >= 11 is 3.34. The second-order valence-electron chi connectivity index (χ2n) is 5.25. The van der Waals surface area contributed by atoms with Crippen LogP contribution in [-0.2, 0) is 9.53 Å². The molecule has 1 fully saturated rings. The van der Waals surface area contributed by atoms with Crippen molar-refractivity contribution in [3.8, 4) is 0 Å². The summed E-state index contributed by atoms with van der Waals surface area (Å²) in [5, 5.41) is 0. The Hall–Kier alpha value is -1.20. The van der Waals surface area contributed by atoms with Gasteiger partial charge < -0.3 is 9.64 Å². The lowest BCUT2D eigenvalue weighted by atomic mass is 10.0. The number of piperidine rings is 1. The molecule has 1 amide bonds. The maximum absolute atomic E-state index is 12.1. The molecule has 1 aliphatic heterocycles. The zero-order chi connectivity index (χ0) is 15.2. The van der Waals surface area contributed by atoms with Crippen molar-refractivity contribution in [2.75, 3.05) is 20.2 Å². The number of likely N-dealkylation sites (tertiary alicyclic amines) is 1. The molecule has 1 saturated heterocycles. The van der Waals surface area contributed by atoms with Gasteiger partial charge in [-0.05, 0) is 25.0 Å². The Bertz CT molecular complexity index is 493. The molecule has 0 spiro atoms. The van der Waals surface area contributed by atoms with Gasteiger partial charge in [-0.1, -0.05) is 28.1 Å². The van der Waals surface area contributed by atoms with Crippen LogP contribution in [-0.4, -0.2) is 42.9 Å². The van der Waals surface area contributed by atoms with Crippen LogP contribution in [0.15, 0.2) is 28.7 Å². The maximum Gasteiger partial charge on any atom is 0.223 e. The van der Waals surface area contributed by atoms with E-state index >= 15 is 0 Å². The van der Waals surface area contributed by atoms with Gasteiger partial charge in [-0.25, -0.2) is 0 Å². The summed E-state index contributed by atoms with van der Waals surface area (Å²) in [6.07, 6.45) is 2.57. The van der Waals surface area contributed by atoms with E-state index in [0.717, 1.165) is 30.4 Å². The first-order valence-corrected chi connectivity index (χ1v) is 7.99. The van der Waals surface area contributed by atoms with Crippen LogP contribution in [0.5, 0.6) is 0 Å². The fourth-order valence-corrected chi connectivity index (χ4v) is 2.76. The van der Waals surface area contributed by atoms with E-state index in [2.05, 4.69) is 15.9 Å². The number of hydrogen-bond donors (Lipinski definition) is 0. The number of methoxy groups -OCH3 is 1. The molecule has 1 aromatic rings. The smallest absolute Gasteiger partial charge is 0.223 e. The van der Waals surface area contributed by atoms with E-state index in [1.807, 2.05) is 17.0 Å². The normalized spacial score (nSPS) is 16.0. The van der Waals surface area contributed by atoms with Gasteiger partial charge in [-0.2, -0.15) is 0 Å². The second kappa shape index (κ2) is 7.71. The molecule has 0 aromatic heterocycles. The molecule has 4 nitrogen and oxygen atoms in total. The summed E-state index contributed by atoms with van der Waals surface area (Å²) in [5.74, 6) is 0.0812. The third-order valence-corrected chi connectivity index (χ3v) is 4.39. The van der Waals surface area contributed by atoms with Crippen LogP contribution >= 0.6 is 15.9 Å². The van der Waals surface area contributed by atoms with Gasteiger partial charge in [0.2, 0.25) is 5.91 Å². The highest BCUT2D eigenvalue weighted by Crippen LogP contribution is 2.16. The van der Waals surface area contributed by atoms with E-state index in [4.69, 9.17) is 4.74 Å². The molecule has 0 bridgehead atoms. The van der Waals surface area contributed by atoms with E-state index < -0.39 is 0 Å². The molecule has 0 saturated carbocycles. The van der Waals surface area contributed by atoms with Crippen LogP contribution in [0.1, 0.15) is 36.0 Å². The van der Waals surface area contributed by atoms with Crippen molar-refractivity contribution in [3.63, 3.8) is 0 Å². The number of nitrogens with zero attached hydrogens (tertiary/aromatic N) is 1. The van der Waals surface area contributed by atoms with Crippen LogP contribution in [0.3, 0.4) is 0 Å². The average molecular weight is 354 g/mol. The predicted molar refractivity (Wildman–Crippen MR) is 84.3 cm³/mol. The molecular weight excluding hydrogens is 334 g/mol. The molecular formula is C16H20BrNO3. The number of rotatable bonds is 5. The molecule has 1 aromatic carbocycles. The SMILES string of the molecule is COC1CCN(C(=O)CCC(=O)c2ccc(Br)cc2)CC1. The van der Waals surface area contributed by atoms with Crippen molar-refractivity contribution in [2.24, 2.45) is 0 Å². The molecule has 2 rings (SSSR count). The molecule has 0 atom stereocenters. The minimum atomic E-state index is 0.0163. The minimum absolute atomic E-state index is 0.0163. The van der Waals surface area contributed by atoms with Gasteiger partial charge in [0, 0.05) is 43.1 Å². The summed E-state index contributed by atoms with van der Waals surface area (Å²) in [5.41, 5.74) is 0.657. The Labute approximate surface area is 133 Å². The number of amides is 1. The third-order valence-electron chi connectivity index (χ3n) is 3.86. The number of hydrogen-bond acceptors (Lipinski definition) is 3. The first-order chi connectivity index (χ1) is 10.1. The molecule has 5 heteroatoms. The van der Waals surface area contributed by atoms with Gasteiger partial charge in [-0.3, -0.25) is 9.59 Å². The third kappa shape index (κ3) is 4.64. The highest BCUT2D eigenvalue weighted by Gasteiger charge is 2.22. The molecule has 0 unspecified atom stereocenters. The van der Waals surface area contributed by atoms with Crippen LogP contribution in [0.4, 0.5) is 0 Å². The molecule has 21 heavy (non-hydrogen) atoms. The van der Waals surface area contributed by atoms with E-state index in [1.165, 1.54) is 0 Å². The lowest BCUT2D eigenvalue weighted by Gasteiger charge is -2.31. The number of ether oxygens (including phenoxy) is 1. The maximum atomic E-state index is 12.1. The first-order valence-electron chi connectivity index (χ1n) is 7.19. The fourth-order valence-electron chi connectivity index (χ4n) is 2.50. The zero-order valence-electron chi connectivity index (χ0n) is 12.2.